The van der Waals surface area contributed by atoms with Crippen LogP contribution in [0.3, 0.4) is 0 Å². The van der Waals surface area contributed by atoms with Crippen LogP contribution in [0, 0.1) is 23.7 Å². The second-order valence-corrected chi connectivity index (χ2v) is 27.7. The zero-order valence-electron chi connectivity index (χ0n) is 36.8. The molecule has 0 spiro atoms. The first kappa shape index (κ1) is 48.3. The van der Waals surface area contributed by atoms with Crippen molar-refractivity contribution in [2.75, 3.05) is 13.7 Å². The van der Waals surface area contributed by atoms with Crippen LogP contribution in [-0.4, -0.2) is 65.5 Å². The van der Waals surface area contributed by atoms with Crippen LogP contribution in [0.15, 0.2) is 64.3 Å². The van der Waals surface area contributed by atoms with Gasteiger partial charge in [0, 0.05) is 5.92 Å². The number of nitrogens with zero attached hydrogens (tertiary/aromatic N) is 1. The molecule has 1 aliphatic rings. The fourth-order valence-electron chi connectivity index (χ4n) is 7.75. The van der Waals surface area contributed by atoms with E-state index in [9.17, 15) is 9.59 Å². The van der Waals surface area contributed by atoms with Crippen LogP contribution >= 0.6 is 22.6 Å². The summed E-state index contributed by atoms with van der Waals surface area (Å²) in [5, 5.41) is -0.0163. The van der Waals surface area contributed by atoms with Crippen LogP contribution in [-0.2, 0) is 29.7 Å². The van der Waals surface area contributed by atoms with E-state index in [2.05, 4.69) is 102 Å². The summed E-state index contributed by atoms with van der Waals surface area (Å²) in [5.41, 5.74) is 3.18. The number of halogens is 1. The third-order valence-electron chi connectivity index (χ3n) is 12.8. The smallest absolute Gasteiger partial charge is 0.417 e. The fourth-order valence-corrected chi connectivity index (χ4v) is 12.4. The van der Waals surface area contributed by atoms with E-state index in [1.54, 1.807) is 7.11 Å². The number of cyclic esters (lactones) is 1. The highest BCUT2D eigenvalue weighted by molar-refractivity contribution is 14.1. The summed E-state index contributed by atoms with van der Waals surface area (Å²) >= 11 is 2.33. The molecule has 56 heavy (non-hydrogen) atoms. The van der Waals surface area contributed by atoms with Gasteiger partial charge in [-0.3, -0.25) is 4.79 Å². The maximum absolute atomic E-state index is 14.9. The molecule has 2 amide bonds. The highest BCUT2D eigenvalue weighted by Gasteiger charge is 2.50. The topological polar surface area (TPSA) is 83.5 Å². The summed E-state index contributed by atoms with van der Waals surface area (Å²) in [6, 6.07) is 20.0. The molecule has 0 radical (unpaired) electrons. The first-order valence-electron chi connectivity index (χ1n) is 20.7. The molecule has 0 unspecified atom stereocenters. The van der Waals surface area contributed by atoms with Gasteiger partial charge in [-0.1, -0.05) is 133 Å². The van der Waals surface area contributed by atoms with Crippen molar-refractivity contribution >= 4 is 51.2 Å². The van der Waals surface area contributed by atoms with E-state index in [0.29, 0.717) is 13.2 Å². The van der Waals surface area contributed by atoms with E-state index in [-0.39, 0.29) is 34.8 Å². The van der Waals surface area contributed by atoms with Crippen molar-refractivity contribution in [1.82, 2.24) is 4.90 Å². The lowest BCUT2D eigenvalue weighted by molar-refractivity contribution is -0.138. The molecular formula is C45H72INO7Si2. The summed E-state index contributed by atoms with van der Waals surface area (Å²) in [6.45, 7) is 29.7. The van der Waals surface area contributed by atoms with Crippen LogP contribution < -0.4 is 4.74 Å². The number of rotatable bonds is 21. The Balaban J connectivity index is 2.10. The Kier molecular flexibility index (Phi) is 18.4. The van der Waals surface area contributed by atoms with E-state index < -0.39 is 46.9 Å². The molecule has 314 valence electrons. The number of benzene rings is 2. The van der Waals surface area contributed by atoms with Crippen LogP contribution in [0.4, 0.5) is 4.79 Å². The predicted molar refractivity (Wildman–Crippen MR) is 242 cm³/mol. The van der Waals surface area contributed by atoms with E-state index in [0.717, 1.165) is 41.4 Å². The van der Waals surface area contributed by atoms with Crippen LogP contribution in [0.25, 0.3) is 0 Å². The molecule has 1 heterocycles. The number of allylic oxidation sites excluding steroid dienone is 1. The average molecular weight is 922 g/mol. The Bertz CT molecular complexity index is 1550. The number of imide groups is 1. The molecule has 3 rings (SSSR count). The van der Waals surface area contributed by atoms with Crippen molar-refractivity contribution in [2.24, 2.45) is 23.7 Å². The lowest BCUT2D eigenvalue weighted by Crippen LogP contribution is -2.54. The van der Waals surface area contributed by atoms with Gasteiger partial charge in [0.15, 0.2) is 16.6 Å². The zero-order chi connectivity index (χ0) is 42.0. The highest BCUT2D eigenvalue weighted by Crippen LogP contribution is 2.44. The Morgan fingerprint density at radius 2 is 1.54 bits per heavy atom. The predicted octanol–water partition coefficient (Wildman–Crippen LogP) is 12.4. The first-order valence-corrected chi connectivity index (χ1v) is 27.4. The van der Waals surface area contributed by atoms with E-state index in [1.165, 1.54) is 10.5 Å². The normalized spacial score (nSPS) is 20.2. The first-order chi connectivity index (χ1) is 26.3. The zero-order valence-corrected chi connectivity index (χ0v) is 41.0. The van der Waals surface area contributed by atoms with Gasteiger partial charge in [-0.2, -0.15) is 0 Å². The van der Waals surface area contributed by atoms with Gasteiger partial charge >= 0.3 is 6.09 Å². The van der Waals surface area contributed by atoms with Gasteiger partial charge in [0.1, 0.15) is 11.9 Å². The lowest BCUT2D eigenvalue weighted by atomic mass is 9.74. The second-order valence-electron chi connectivity index (χ2n) is 17.6. The minimum Gasteiger partial charge on any atom is -0.497 e. The summed E-state index contributed by atoms with van der Waals surface area (Å²) in [6.07, 6.45) is -1.02. The largest absolute Gasteiger partial charge is 0.497 e. The van der Waals surface area contributed by atoms with Gasteiger partial charge in [-0.15, -0.1) is 0 Å². The molecule has 8 nitrogen and oxygen atoms in total. The van der Waals surface area contributed by atoms with Crippen molar-refractivity contribution in [3.05, 3.63) is 75.4 Å². The molecule has 2 aromatic carbocycles. The molecule has 0 saturated carbocycles. The molecule has 1 aliphatic heterocycles. The summed E-state index contributed by atoms with van der Waals surface area (Å²) < 4.78 is 34.8. The van der Waals surface area contributed by atoms with Gasteiger partial charge in [0.05, 0.1) is 44.5 Å². The molecule has 8 atom stereocenters. The molecule has 1 saturated heterocycles. The maximum atomic E-state index is 14.9. The number of carbonyl (C=O) groups excluding carboxylic acids is 2. The van der Waals surface area contributed by atoms with Crippen molar-refractivity contribution in [3.8, 4) is 5.75 Å². The van der Waals surface area contributed by atoms with Gasteiger partial charge in [0.25, 0.3) is 0 Å². The van der Waals surface area contributed by atoms with E-state index in [4.69, 9.17) is 23.1 Å². The molecule has 11 heteroatoms. The quantitative estimate of drug-likeness (QED) is 0.0911. The third kappa shape index (κ3) is 12.0. The number of amides is 2. The van der Waals surface area contributed by atoms with Crippen LogP contribution in [0.1, 0.15) is 99.8 Å². The van der Waals surface area contributed by atoms with Crippen molar-refractivity contribution in [3.63, 3.8) is 0 Å². The molecule has 0 aliphatic carbocycles. The number of ether oxygens (including phenoxy) is 3. The van der Waals surface area contributed by atoms with Gasteiger partial charge in [-0.25, -0.2) is 9.69 Å². The van der Waals surface area contributed by atoms with E-state index >= 15 is 0 Å². The molecule has 0 N–H and O–H groups in total. The number of hydrogen-bond donors (Lipinski definition) is 0. The minimum atomic E-state index is -2.29. The molecule has 2 aromatic rings. The Labute approximate surface area is 355 Å². The number of carbonyl (C=O) groups is 2. The Morgan fingerprint density at radius 1 is 0.946 bits per heavy atom. The van der Waals surface area contributed by atoms with Crippen molar-refractivity contribution in [2.45, 2.75) is 150 Å². The second kappa shape index (κ2) is 21.3. The number of methoxy groups -OCH3 is 1. The van der Waals surface area contributed by atoms with Gasteiger partial charge in [0.2, 0.25) is 5.91 Å². The molecule has 0 aromatic heterocycles. The molecule has 0 bridgehead atoms. The number of hydrogen-bond acceptors (Lipinski definition) is 7. The van der Waals surface area contributed by atoms with Crippen molar-refractivity contribution < 1.29 is 32.7 Å². The van der Waals surface area contributed by atoms with E-state index in [1.807, 2.05) is 68.4 Å². The van der Waals surface area contributed by atoms with Crippen molar-refractivity contribution in [1.29, 1.82) is 0 Å². The SMILES string of the molecule is CC[Si](CC)(CC)O[C@@H]([C@@H](C/C(C)=C\I)[C@H](C)[C@H](O[Si](C)(C)C(C)(C)C)[C@H](C)COCc1ccc(OC)cc1)[C@@H](C)C(=O)N1C(=O)O[C@@H](c2ccccc2)[C@H]1C. The van der Waals surface area contributed by atoms with Gasteiger partial charge in [-0.05, 0) is 95.7 Å². The third-order valence-corrected chi connectivity index (χ3v) is 23.0. The Morgan fingerprint density at radius 3 is 2.05 bits per heavy atom. The molecular weight excluding hydrogens is 850 g/mol. The average Bonchev–Trinajstić information content (AvgIpc) is 3.48. The molecule has 1 fully saturated rings. The van der Waals surface area contributed by atoms with Crippen LogP contribution in [0.5, 0.6) is 5.75 Å². The lowest BCUT2D eigenvalue weighted by Gasteiger charge is -2.47. The summed E-state index contributed by atoms with van der Waals surface area (Å²) in [5.74, 6) is -0.106. The monoisotopic (exact) mass is 921 g/mol. The highest BCUT2D eigenvalue weighted by atomic mass is 127. The Hall–Kier alpha value is -2.04. The fraction of sp³-hybridized carbons (Fsp3) is 0.644. The summed E-state index contributed by atoms with van der Waals surface area (Å²) in [4.78, 5) is 29.9. The summed E-state index contributed by atoms with van der Waals surface area (Å²) in [7, 11) is -2.89. The maximum Gasteiger partial charge on any atom is 0.417 e. The minimum absolute atomic E-state index is 0.0163. The standard InChI is InChI=1S/C45H72INO7Si2/c1-15-56(16-2,17-3)54-41(34(7)43(48)47-35(8)42(52-44(47)49)37-21-19-18-20-22-37)39(27-31(4)28-46)33(6)40(53-55(13,14)45(9,10)11)32(5)29-51-30-36-23-25-38(50-12)26-24-36/h18-26,28,32-35,39-42H,15-17,27,29-30H2,1-14H3/b31-28-/t32-,33+,34-,35-,39+,40-,41-,42-/m1/s1. The van der Waals surface area contributed by atoms with Crippen LogP contribution in [0.2, 0.25) is 36.3 Å². The van der Waals surface area contributed by atoms with Gasteiger partial charge < -0.3 is 23.1 Å².